The van der Waals surface area contributed by atoms with Crippen molar-refractivity contribution in [3.63, 3.8) is 0 Å². The van der Waals surface area contributed by atoms with E-state index in [1.165, 1.54) is 6.33 Å². The highest BCUT2D eigenvalue weighted by atomic mass is 16.2. The number of aromatic nitrogens is 2. The van der Waals surface area contributed by atoms with Gasteiger partial charge < -0.3 is 15.2 Å². The van der Waals surface area contributed by atoms with Crippen LogP contribution in [0, 0.1) is 0 Å². The Morgan fingerprint density at radius 2 is 1.87 bits per heavy atom. The largest absolute Gasteiger partial charge is 0.344 e. The van der Waals surface area contributed by atoms with E-state index in [1.54, 1.807) is 4.90 Å². The predicted octanol–water partition coefficient (Wildman–Crippen LogP) is 2.38. The number of nitrogens with one attached hydrogen (secondary N) is 2. The molecule has 23 heavy (non-hydrogen) atoms. The molecular formula is C17H22N4O2. The number of benzene rings is 1. The summed E-state index contributed by atoms with van der Waals surface area (Å²) in [5.74, 6) is -0.580. The van der Waals surface area contributed by atoms with Gasteiger partial charge in [0.1, 0.15) is 5.69 Å². The number of amides is 2. The molecule has 0 saturated carbocycles. The number of hydrogen-bond acceptors (Lipinski definition) is 3. The van der Waals surface area contributed by atoms with Gasteiger partial charge in [-0.2, -0.15) is 0 Å². The topological polar surface area (TPSA) is 78.1 Å². The summed E-state index contributed by atoms with van der Waals surface area (Å²) >= 11 is 0. The first kappa shape index (κ1) is 16.7. The Morgan fingerprint density at radius 1 is 1.22 bits per heavy atom. The third kappa shape index (κ3) is 3.77. The lowest BCUT2D eigenvalue weighted by Gasteiger charge is -2.18. The van der Waals surface area contributed by atoms with Crippen molar-refractivity contribution in [2.24, 2.45) is 0 Å². The zero-order chi connectivity index (χ0) is 16.8. The van der Waals surface area contributed by atoms with Gasteiger partial charge in [0.15, 0.2) is 5.69 Å². The summed E-state index contributed by atoms with van der Waals surface area (Å²) in [7, 11) is 0. The number of aromatic amines is 1. The first-order valence-corrected chi connectivity index (χ1v) is 7.76. The molecule has 1 atom stereocenters. The Bertz CT molecular complexity index is 662. The van der Waals surface area contributed by atoms with Gasteiger partial charge >= 0.3 is 0 Å². The van der Waals surface area contributed by atoms with Gasteiger partial charge in [-0.3, -0.25) is 9.59 Å². The van der Waals surface area contributed by atoms with Crippen molar-refractivity contribution in [1.82, 2.24) is 20.2 Å². The molecule has 1 heterocycles. The van der Waals surface area contributed by atoms with Crippen LogP contribution in [-0.2, 0) is 0 Å². The Kier molecular flexibility index (Phi) is 5.51. The maximum atomic E-state index is 12.4. The lowest BCUT2D eigenvalue weighted by molar-refractivity contribution is 0.0759. The van der Waals surface area contributed by atoms with Crippen molar-refractivity contribution in [3.05, 3.63) is 53.6 Å². The van der Waals surface area contributed by atoms with E-state index in [-0.39, 0.29) is 29.2 Å². The molecule has 2 aromatic rings. The summed E-state index contributed by atoms with van der Waals surface area (Å²) in [6.45, 7) is 6.85. The molecule has 1 unspecified atom stereocenters. The zero-order valence-corrected chi connectivity index (χ0v) is 13.7. The molecule has 2 rings (SSSR count). The number of hydrogen-bond donors (Lipinski definition) is 2. The van der Waals surface area contributed by atoms with Crippen LogP contribution in [0.2, 0.25) is 0 Å². The Balaban J connectivity index is 2.15. The molecule has 6 heteroatoms. The molecule has 2 amide bonds. The second-order valence-corrected chi connectivity index (χ2v) is 5.21. The zero-order valence-electron chi connectivity index (χ0n) is 13.7. The number of imidazole rings is 1. The molecule has 0 spiro atoms. The number of H-pyrrole nitrogens is 1. The number of nitrogens with zero attached hydrogens (tertiary/aromatic N) is 2. The van der Waals surface area contributed by atoms with E-state index >= 15 is 0 Å². The highest BCUT2D eigenvalue weighted by Crippen LogP contribution is 2.13. The maximum absolute atomic E-state index is 12.4. The number of carbonyl (C=O) groups is 2. The lowest BCUT2D eigenvalue weighted by atomic mass is 10.1. The van der Waals surface area contributed by atoms with E-state index in [1.807, 2.05) is 51.1 Å². The van der Waals surface area contributed by atoms with Gasteiger partial charge in [0.25, 0.3) is 11.8 Å². The van der Waals surface area contributed by atoms with Crippen LogP contribution in [-0.4, -0.2) is 39.8 Å². The quantitative estimate of drug-likeness (QED) is 0.859. The summed E-state index contributed by atoms with van der Waals surface area (Å²) in [4.78, 5) is 33.3. The van der Waals surface area contributed by atoms with Crippen LogP contribution in [0.25, 0.3) is 0 Å². The van der Waals surface area contributed by atoms with Crippen molar-refractivity contribution in [2.45, 2.75) is 26.8 Å². The highest BCUT2D eigenvalue weighted by Gasteiger charge is 2.24. The van der Waals surface area contributed by atoms with Crippen molar-refractivity contribution in [3.8, 4) is 0 Å². The van der Waals surface area contributed by atoms with Crippen LogP contribution in [0.5, 0.6) is 0 Å². The van der Waals surface area contributed by atoms with E-state index in [2.05, 4.69) is 15.3 Å². The van der Waals surface area contributed by atoms with Crippen LogP contribution < -0.4 is 5.32 Å². The smallest absolute Gasteiger partial charge is 0.272 e. The summed E-state index contributed by atoms with van der Waals surface area (Å²) in [6, 6.07) is 9.47. The van der Waals surface area contributed by atoms with Gasteiger partial charge in [0.2, 0.25) is 0 Å². The molecule has 122 valence electrons. The van der Waals surface area contributed by atoms with Crippen LogP contribution in [0.3, 0.4) is 0 Å². The fraction of sp³-hybridized carbons (Fsp3) is 0.353. The molecule has 0 aliphatic heterocycles. The molecule has 0 fully saturated rings. The van der Waals surface area contributed by atoms with Crippen molar-refractivity contribution >= 4 is 11.8 Å². The highest BCUT2D eigenvalue weighted by molar-refractivity contribution is 6.04. The third-order valence-corrected chi connectivity index (χ3v) is 3.77. The van der Waals surface area contributed by atoms with Crippen molar-refractivity contribution < 1.29 is 9.59 Å². The third-order valence-electron chi connectivity index (χ3n) is 3.77. The van der Waals surface area contributed by atoms with E-state index in [0.29, 0.717) is 13.1 Å². The minimum Gasteiger partial charge on any atom is -0.344 e. The summed E-state index contributed by atoms with van der Waals surface area (Å²) in [5, 5.41) is 2.88. The first-order valence-electron chi connectivity index (χ1n) is 7.76. The van der Waals surface area contributed by atoms with Gasteiger partial charge in [-0.15, -0.1) is 0 Å². The van der Waals surface area contributed by atoms with Crippen LogP contribution in [0.1, 0.15) is 53.4 Å². The molecule has 2 N–H and O–H groups in total. The van der Waals surface area contributed by atoms with Crippen molar-refractivity contribution in [1.29, 1.82) is 0 Å². The fourth-order valence-electron chi connectivity index (χ4n) is 2.39. The molecule has 0 radical (unpaired) electrons. The molecule has 0 saturated heterocycles. The van der Waals surface area contributed by atoms with Crippen molar-refractivity contribution in [2.75, 3.05) is 13.1 Å². The molecule has 1 aromatic carbocycles. The maximum Gasteiger partial charge on any atom is 0.272 e. The number of rotatable bonds is 6. The van der Waals surface area contributed by atoms with Crippen LogP contribution >= 0.6 is 0 Å². The lowest BCUT2D eigenvalue weighted by Crippen LogP contribution is -2.34. The number of carbonyl (C=O) groups excluding carboxylic acids is 2. The SMILES string of the molecule is CCN(CC)C(=O)c1[nH]cnc1C(=O)NC(C)c1ccccc1. The second-order valence-electron chi connectivity index (χ2n) is 5.21. The average Bonchev–Trinajstić information content (AvgIpc) is 3.06. The molecule has 0 aliphatic rings. The summed E-state index contributed by atoms with van der Waals surface area (Å²) < 4.78 is 0. The summed E-state index contributed by atoms with van der Waals surface area (Å²) in [5.41, 5.74) is 1.35. The second kappa shape index (κ2) is 7.58. The average molecular weight is 314 g/mol. The monoisotopic (exact) mass is 314 g/mol. The van der Waals surface area contributed by atoms with Crippen LogP contribution in [0.15, 0.2) is 36.7 Å². The molecule has 6 nitrogen and oxygen atoms in total. The van der Waals surface area contributed by atoms with E-state index in [0.717, 1.165) is 5.56 Å². The van der Waals surface area contributed by atoms with Gasteiger partial charge in [0.05, 0.1) is 12.4 Å². The molecule has 0 aliphatic carbocycles. The van der Waals surface area contributed by atoms with E-state index < -0.39 is 0 Å². The minimum atomic E-state index is -0.363. The van der Waals surface area contributed by atoms with Gasteiger partial charge in [0, 0.05) is 13.1 Å². The van der Waals surface area contributed by atoms with Gasteiger partial charge in [-0.25, -0.2) is 4.98 Å². The summed E-state index contributed by atoms with van der Waals surface area (Å²) in [6.07, 6.45) is 1.37. The van der Waals surface area contributed by atoms with E-state index in [9.17, 15) is 9.59 Å². The normalized spacial score (nSPS) is 11.8. The van der Waals surface area contributed by atoms with E-state index in [4.69, 9.17) is 0 Å². The van der Waals surface area contributed by atoms with Crippen LogP contribution in [0.4, 0.5) is 0 Å². The molecule has 1 aromatic heterocycles. The van der Waals surface area contributed by atoms with Gasteiger partial charge in [-0.1, -0.05) is 30.3 Å². The minimum absolute atomic E-state index is 0.129. The standard InChI is InChI=1S/C17H22N4O2/c1-4-21(5-2)17(23)15-14(18-11-19-15)16(22)20-12(3)13-9-7-6-8-10-13/h6-12H,4-5H2,1-3H3,(H,18,19)(H,20,22). The first-order chi connectivity index (χ1) is 11.1. The Morgan fingerprint density at radius 3 is 2.48 bits per heavy atom. The van der Waals surface area contributed by atoms with Gasteiger partial charge in [-0.05, 0) is 26.3 Å². The predicted molar refractivity (Wildman–Crippen MR) is 88.2 cm³/mol. The molecule has 0 bridgehead atoms. The molecular weight excluding hydrogens is 292 g/mol. The Labute approximate surface area is 135 Å². The Hall–Kier alpha value is -2.63. The fourth-order valence-corrected chi connectivity index (χ4v) is 2.39.